The zero-order valence-electron chi connectivity index (χ0n) is 17.7. The van der Waals surface area contributed by atoms with Crippen molar-refractivity contribution in [3.05, 3.63) is 22.7 Å². The maximum atomic E-state index is 4.80. The van der Waals surface area contributed by atoms with Crippen LogP contribution in [-0.4, -0.2) is 58.4 Å². The van der Waals surface area contributed by atoms with Gasteiger partial charge in [0.05, 0.1) is 12.2 Å². The minimum Gasteiger partial charge on any atom is -0.356 e. The van der Waals surface area contributed by atoms with Gasteiger partial charge in [-0.1, -0.05) is 13.8 Å². The molecule has 0 aliphatic carbocycles. The number of thiazole rings is 1. The number of nitrogens with zero attached hydrogens (tertiary/aromatic N) is 6. The Labute approximate surface area is 176 Å². The third-order valence-electron chi connectivity index (χ3n) is 5.55. The van der Waals surface area contributed by atoms with E-state index >= 15 is 0 Å². The summed E-state index contributed by atoms with van der Waals surface area (Å²) in [6.07, 6.45) is 5.47. The van der Waals surface area contributed by atoms with E-state index in [9.17, 15) is 0 Å². The van der Waals surface area contributed by atoms with Crippen LogP contribution in [0.25, 0.3) is 0 Å². The molecule has 1 atom stereocenters. The lowest BCUT2D eigenvalue weighted by Crippen LogP contribution is -2.47. The van der Waals surface area contributed by atoms with Crippen LogP contribution in [0.5, 0.6) is 0 Å². The second-order valence-electron chi connectivity index (χ2n) is 8.17. The lowest BCUT2D eigenvalue weighted by Gasteiger charge is -2.25. The maximum Gasteiger partial charge on any atom is 0.191 e. The number of aliphatic imine (C=N–C) groups is 1. The van der Waals surface area contributed by atoms with Gasteiger partial charge in [-0.25, -0.2) is 14.6 Å². The van der Waals surface area contributed by atoms with Gasteiger partial charge in [0.2, 0.25) is 0 Å². The Morgan fingerprint density at radius 2 is 2.14 bits per heavy atom. The van der Waals surface area contributed by atoms with Gasteiger partial charge < -0.3 is 15.5 Å². The predicted molar refractivity (Wildman–Crippen MR) is 118 cm³/mol. The molecule has 1 saturated heterocycles. The monoisotopic (exact) mass is 416 g/mol. The molecule has 2 N–H and O–H groups in total. The van der Waals surface area contributed by atoms with Crippen LogP contribution in [0.1, 0.15) is 56.4 Å². The Bertz CT molecular complexity index is 833. The molecule has 0 saturated carbocycles. The van der Waals surface area contributed by atoms with Crippen molar-refractivity contribution in [3.8, 4) is 0 Å². The summed E-state index contributed by atoms with van der Waals surface area (Å²) in [4.78, 5) is 16.3. The average molecular weight is 417 g/mol. The third-order valence-corrected chi connectivity index (χ3v) is 6.50. The number of aryl methyl sites for hydroxylation is 1. The van der Waals surface area contributed by atoms with Crippen molar-refractivity contribution in [1.29, 1.82) is 0 Å². The maximum absolute atomic E-state index is 4.80. The summed E-state index contributed by atoms with van der Waals surface area (Å²) in [7, 11) is 1.82. The summed E-state index contributed by atoms with van der Waals surface area (Å²) in [5.74, 6) is 3.26. The predicted octanol–water partition coefficient (Wildman–Crippen LogP) is 2.18. The second kappa shape index (κ2) is 9.11. The number of hydrogen-bond acceptors (Lipinski definition) is 6. The Hall–Kier alpha value is -2.16. The molecule has 0 bridgehead atoms. The average Bonchev–Trinajstić information content (AvgIpc) is 3.46. The van der Waals surface area contributed by atoms with E-state index < -0.39 is 0 Å². The highest BCUT2D eigenvalue weighted by atomic mass is 32.1. The normalized spacial score (nSPS) is 19.7. The van der Waals surface area contributed by atoms with E-state index in [1.54, 1.807) is 11.3 Å². The largest absolute Gasteiger partial charge is 0.356 e. The lowest BCUT2D eigenvalue weighted by atomic mass is 10.1. The summed E-state index contributed by atoms with van der Waals surface area (Å²) in [5.41, 5.74) is 1.16. The molecule has 2 aliphatic rings. The van der Waals surface area contributed by atoms with Gasteiger partial charge in [0.25, 0.3) is 0 Å². The Morgan fingerprint density at radius 1 is 1.31 bits per heavy atom. The van der Waals surface area contributed by atoms with Gasteiger partial charge in [0.15, 0.2) is 16.9 Å². The van der Waals surface area contributed by atoms with Crippen LogP contribution < -0.4 is 15.5 Å². The first-order valence-corrected chi connectivity index (χ1v) is 11.6. The molecule has 158 valence electrons. The Balaban J connectivity index is 1.24. The van der Waals surface area contributed by atoms with Crippen molar-refractivity contribution < 1.29 is 0 Å². The smallest absolute Gasteiger partial charge is 0.191 e. The molecule has 9 heteroatoms. The van der Waals surface area contributed by atoms with Crippen LogP contribution in [0.3, 0.4) is 0 Å². The molecule has 8 nitrogen and oxygen atoms in total. The Morgan fingerprint density at radius 3 is 2.90 bits per heavy atom. The summed E-state index contributed by atoms with van der Waals surface area (Å²) in [6.45, 7) is 8.23. The van der Waals surface area contributed by atoms with Gasteiger partial charge in [-0.2, -0.15) is 5.10 Å². The number of fused-ring (bicyclic) bond motifs is 1. The number of hydrogen-bond donors (Lipinski definition) is 2. The van der Waals surface area contributed by atoms with Crippen LogP contribution in [-0.2, 0) is 19.4 Å². The van der Waals surface area contributed by atoms with Gasteiger partial charge in [0, 0.05) is 56.9 Å². The summed E-state index contributed by atoms with van der Waals surface area (Å²) >= 11 is 1.76. The fourth-order valence-corrected chi connectivity index (χ4v) is 4.77. The first-order valence-electron chi connectivity index (χ1n) is 10.7. The highest BCUT2D eigenvalue weighted by Crippen LogP contribution is 2.24. The molecule has 29 heavy (non-hydrogen) atoms. The second-order valence-corrected chi connectivity index (χ2v) is 9.00. The first-order chi connectivity index (χ1) is 14.1. The summed E-state index contributed by atoms with van der Waals surface area (Å²) < 4.78 is 2.05. The van der Waals surface area contributed by atoms with E-state index in [-0.39, 0.29) is 0 Å². The highest BCUT2D eigenvalue weighted by Gasteiger charge is 2.23. The quantitative estimate of drug-likeness (QED) is 0.555. The zero-order valence-corrected chi connectivity index (χ0v) is 18.5. The molecular formula is C20H32N8S. The van der Waals surface area contributed by atoms with Crippen LogP contribution in [0, 0.1) is 0 Å². The van der Waals surface area contributed by atoms with Crippen LogP contribution in [0.4, 0.5) is 5.13 Å². The van der Waals surface area contributed by atoms with E-state index in [1.807, 2.05) is 7.05 Å². The molecule has 4 heterocycles. The molecular weight excluding hydrogens is 384 g/mol. The van der Waals surface area contributed by atoms with Gasteiger partial charge >= 0.3 is 0 Å². The molecule has 0 spiro atoms. The van der Waals surface area contributed by atoms with Crippen molar-refractivity contribution in [3.63, 3.8) is 0 Å². The number of aromatic nitrogens is 4. The van der Waals surface area contributed by atoms with Crippen LogP contribution in [0.2, 0.25) is 0 Å². The molecule has 0 amide bonds. The van der Waals surface area contributed by atoms with E-state index in [2.05, 4.69) is 54.5 Å². The molecule has 2 aromatic heterocycles. The number of nitrogens with one attached hydrogen (secondary N) is 2. The first kappa shape index (κ1) is 20.1. The SMILES string of the molecule is CN=C(NCCc1csc(N2CCCC2)n1)NC1CCc2nc(C(C)C)nn2C1. The van der Waals surface area contributed by atoms with Gasteiger partial charge in [-0.3, -0.25) is 4.99 Å². The van der Waals surface area contributed by atoms with E-state index in [0.717, 1.165) is 68.7 Å². The minimum absolute atomic E-state index is 0.316. The molecule has 1 unspecified atom stereocenters. The number of rotatable bonds is 6. The van der Waals surface area contributed by atoms with Crippen LogP contribution >= 0.6 is 11.3 Å². The standard InChI is InChI=1S/C20H32N8S/c1-14(2)18-25-17-7-6-15(12-28(17)26-18)23-19(21-3)22-9-8-16-13-29-20(24-16)27-10-4-5-11-27/h13-15H,4-12H2,1-3H3,(H2,21,22,23). The fraction of sp³-hybridized carbons (Fsp3) is 0.700. The topological polar surface area (TPSA) is 83.3 Å². The molecule has 0 aromatic carbocycles. The molecule has 2 aliphatic heterocycles. The summed E-state index contributed by atoms with van der Waals surface area (Å²) in [5, 5.41) is 15.0. The summed E-state index contributed by atoms with van der Waals surface area (Å²) in [6, 6.07) is 0.316. The number of guanidine groups is 1. The van der Waals surface area contributed by atoms with E-state index in [0.29, 0.717) is 12.0 Å². The third kappa shape index (κ3) is 4.88. The molecule has 4 rings (SSSR count). The van der Waals surface area contributed by atoms with Crippen molar-refractivity contribution in [2.24, 2.45) is 4.99 Å². The van der Waals surface area contributed by atoms with Gasteiger partial charge in [-0.15, -0.1) is 11.3 Å². The van der Waals surface area contributed by atoms with Gasteiger partial charge in [0.1, 0.15) is 5.82 Å². The van der Waals surface area contributed by atoms with E-state index in [1.165, 1.54) is 18.0 Å². The minimum atomic E-state index is 0.316. The molecule has 2 aromatic rings. The van der Waals surface area contributed by atoms with Crippen molar-refractivity contribution in [2.45, 2.75) is 64.5 Å². The van der Waals surface area contributed by atoms with Crippen molar-refractivity contribution in [2.75, 3.05) is 31.6 Å². The highest BCUT2D eigenvalue weighted by molar-refractivity contribution is 7.13. The number of anilines is 1. The molecule has 0 radical (unpaired) electrons. The van der Waals surface area contributed by atoms with Crippen molar-refractivity contribution in [1.82, 2.24) is 30.4 Å². The van der Waals surface area contributed by atoms with E-state index in [4.69, 9.17) is 4.98 Å². The van der Waals surface area contributed by atoms with Crippen LogP contribution in [0.15, 0.2) is 10.4 Å². The van der Waals surface area contributed by atoms with Gasteiger partial charge in [-0.05, 0) is 19.3 Å². The lowest BCUT2D eigenvalue weighted by molar-refractivity contribution is 0.391. The van der Waals surface area contributed by atoms with Crippen molar-refractivity contribution >= 4 is 22.4 Å². The Kier molecular flexibility index (Phi) is 6.32. The zero-order chi connectivity index (χ0) is 20.2. The fourth-order valence-electron chi connectivity index (χ4n) is 3.85. The molecule has 1 fully saturated rings.